The Kier molecular flexibility index (Phi) is 5.15. The van der Waals surface area contributed by atoms with E-state index in [1.165, 1.54) is 0 Å². The van der Waals surface area contributed by atoms with Crippen molar-refractivity contribution in [1.82, 2.24) is 24.7 Å². The van der Waals surface area contributed by atoms with E-state index in [-0.39, 0.29) is 11.8 Å². The number of pyridine rings is 1. The molecule has 0 unspecified atom stereocenters. The van der Waals surface area contributed by atoms with Crippen LogP contribution in [0.3, 0.4) is 0 Å². The van der Waals surface area contributed by atoms with Crippen molar-refractivity contribution in [3.63, 3.8) is 0 Å². The second-order valence-corrected chi connectivity index (χ2v) is 7.48. The van der Waals surface area contributed by atoms with E-state index in [1.54, 1.807) is 24.2 Å². The van der Waals surface area contributed by atoms with Crippen molar-refractivity contribution in [2.45, 2.75) is 37.4 Å². The fourth-order valence-electron chi connectivity index (χ4n) is 3.13. The van der Waals surface area contributed by atoms with Crippen LogP contribution in [0.1, 0.15) is 42.4 Å². The Bertz CT molecular complexity index is 925. The molecule has 0 aliphatic carbocycles. The van der Waals surface area contributed by atoms with Gasteiger partial charge >= 0.3 is 0 Å². The molecule has 1 aliphatic rings. The molecule has 1 amide bonds. The predicted octanol–water partition coefficient (Wildman–Crippen LogP) is 3.09. The third-order valence-corrected chi connectivity index (χ3v) is 5.51. The number of carbonyl (C=O) groups excluding carboxylic acids is 1. The number of rotatable bonds is 6. The highest BCUT2D eigenvalue weighted by Gasteiger charge is 2.30. The lowest BCUT2D eigenvalue weighted by atomic mass is 9.89. The summed E-state index contributed by atoms with van der Waals surface area (Å²) in [5, 5.41) is 8.23. The molecule has 3 aromatic rings. The Labute approximate surface area is 161 Å². The summed E-state index contributed by atoms with van der Waals surface area (Å²) < 4.78 is 1.81. The molecule has 1 N–H and O–H groups in total. The summed E-state index contributed by atoms with van der Waals surface area (Å²) in [6.07, 6.45) is 10.5. The average molecular weight is 380 g/mol. The van der Waals surface area contributed by atoms with Gasteiger partial charge in [0.15, 0.2) is 5.16 Å². The average Bonchev–Trinajstić information content (AvgIpc) is 3.09. The Morgan fingerprint density at radius 3 is 2.85 bits per heavy atom. The summed E-state index contributed by atoms with van der Waals surface area (Å²) in [7, 11) is 0. The number of nitrogens with one attached hydrogen (secondary N) is 1. The zero-order chi connectivity index (χ0) is 18.6. The van der Waals surface area contributed by atoms with Crippen molar-refractivity contribution in [3.8, 4) is 0 Å². The third kappa shape index (κ3) is 3.85. The van der Waals surface area contributed by atoms with Gasteiger partial charge in [-0.05, 0) is 23.6 Å². The van der Waals surface area contributed by atoms with Gasteiger partial charge in [0.1, 0.15) is 5.82 Å². The van der Waals surface area contributed by atoms with Crippen molar-refractivity contribution in [1.29, 1.82) is 0 Å². The van der Waals surface area contributed by atoms with Crippen LogP contribution in [0, 0.1) is 0 Å². The number of thioether (sulfide) groups is 1. The number of nitrogens with zero attached hydrogens (tertiary/aromatic N) is 5. The van der Waals surface area contributed by atoms with E-state index in [9.17, 15) is 4.79 Å². The number of hydrogen-bond donors (Lipinski definition) is 1. The van der Waals surface area contributed by atoms with Gasteiger partial charge in [-0.25, -0.2) is 14.6 Å². The Hall–Kier alpha value is -2.74. The highest BCUT2D eigenvalue weighted by atomic mass is 32.2. The quantitative estimate of drug-likeness (QED) is 0.522. The van der Waals surface area contributed by atoms with E-state index in [2.05, 4.69) is 32.3 Å². The smallest absolute Gasteiger partial charge is 0.226 e. The van der Waals surface area contributed by atoms with Crippen LogP contribution in [0.25, 0.3) is 0 Å². The maximum absolute atomic E-state index is 12.3. The first-order chi connectivity index (χ1) is 13.2. The summed E-state index contributed by atoms with van der Waals surface area (Å²) in [5.74, 6) is 1.63. The molecule has 8 heteroatoms. The minimum Gasteiger partial charge on any atom is -0.311 e. The molecule has 1 atom stereocenters. The van der Waals surface area contributed by atoms with Gasteiger partial charge in [-0.3, -0.25) is 9.78 Å². The molecule has 0 saturated carbocycles. The van der Waals surface area contributed by atoms with E-state index < -0.39 is 0 Å². The molecule has 4 heterocycles. The molecule has 3 aromatic heterocycles. The third-order valence-electron chi connectivity index (χ3n) is 4.43. The van der Waals surface area contributed by atoms with Gasteiger partial charge in [0.05, 0.1) is 12.7 Å². The fourth-order valence-corrected chi connectivity index (χ4v) is 3.77. The van der Waals surface area contributed by atoms with Crippen molar-refractivity contribution in [2.24, 2.45) is 0 Å². The number of carbonyl (C=O) groups is 1. The molecule has 1 aliphatic heterocycles. The maximum atomic E-state index is 12.3. The summed E-state index contributed by atoms with van der Waals surface area (Å²) in [4.78, 5) is 25.3. The number of hydrogen-bond acceptors (Lipinski definition) is 6. The largest absolute Gasteiger partial charge is 0.311 e. The molecule has 0 bridgehead atoms. The van der Waals surface area contributed by atoms with Crippen molar-refractivity contribution in [3.05, 3.63) is 59.8 Å². The van der Waals surface area contributed by atoms with E-state index >= 15 is 0 Å². The lowest BCUT2D eigenvalue weighted by Crippen LogP contribution is -2.25. The normalized spacial score (nSPS) is 16.0. The van der Waals surface area contributed by atoms with Crippen molar-refractivity contribution < 1.29 is 4.79 Å². The Morgan fingerprint density at radius 1 is 1.26 bits per heavy atom. The Balaban J connectivity index is 1.61. The molecule has 7 nitrogen and oxygen atoms in total. The minimum atomic E-state index is -0.0818. The molecule has 0 aromatic carbocycles. The van der Waals surface area contributed by atoms with Gasteiger partial charge in [-0.15, -0.1) is 0 Å². The van der Waals surface area contributed by atoms with Crippen LogP contribution in [0.4, 0.5) is 5.82 Å². The van der Waals surface area contributed by atoms with E-state index in [0.717, 1.165) is 39.8 Å². The molecular weight excluding hydrogens is 360 g/mol. The van der Waals surface area contributed by atoms with Gasteiger partial charge in [-0.2, -0.15) is 5.10 Å². The molecule has 27 heavy (non-hydrogen) atoms. The first kappa shape index (κ1) is 17.7. The summed E-state index contributed by atoms with van der Waals surface area (Å²) in [6, 6.07) is 3.88. The van der Waals surface area contributed by atoms with Gasteiger partial charge < -0.3 is 5.32 Å². The van der Waals surface area contributed by atoms with Gasteiger partial charge in [-0.1, -0.05) is 24.8 Å². The van der Waals surface area contributed by atoms with Crippen molar-refractivity contribution >= 4 is 23.5 Å². The first-order valence-corrected chi connectivity index (χ1v) is 9.92. The standard InChI is InChI=1S/C19H20N6OS/c1-2-6-27-19-21-9-14(10-22-19)15-7-17(26)24-18-16(15)11-23-25(18)12-13-4-3-5-20-8-13/h3-5,8-11,15H,2,6-7,12H2,1H3,(H,24,26)/t15-/m0/s1. The first-order valence-electron chi connectivity index (χ1n) is 8.93. The highest BCUT2D eigenvalue weighted by Crippen LogP contribution is 2.36. The van der Waals surface area contributed by atoms with E-state index in [0.29, 0.717) is 13.0 Å². The van der Waals surface area contributed by atoms with E-state index in [4.69, 9.17) is 0 Å². The maximum Gasteiger partial charge on any atom is 0.226 e. The Morgan fingerprint density at radius 2 is 2.11 bits per heavy atom. The molecule has 0 radical (unpaired) electrons. The van der Waals surface area contributed by atoms with Crippen LogP contribution in [0.15, 0.2) is 48.3 Å². The zero-order valence-electron chi connectivity index (χ0n) is 15.0. The van der Waals surface area contributed by atoms with Gasteiger partial charge in [0.25, 0.3) is 0 Å². The van der Waals surface area contributed by atoms with Crippen LogP contribution in [0.2, 0.25) is 0 Å². The minimum absolute atomic E-state index is 0.0233. The summed E-state index contributed by atoms with van der Waals surface area (Å²) >= 11 is 1.64. The zero-order valence-corrected chi connectivity index (χ0v) is 15.8. The number of anilines is 1. The molecule has 4 rings (SSSR count). The van der Waals surface area contributed by atoms with Crippen LogP contribution < -0.4 is 5.32 Å². The van der Waals surface area contributed by atoms with Crippen LogP contribution >= 0.6 is 11.8 Å². The van der Waals surface area contributed by atoms with Crippen molar-refractivity contribution in [2.75, 3.05) is 11.1 Å². The lowest BCUT2D eigenvalue weighted by Gasteiger charge is -2.23. The number of aromatic nitrogens is 5. The van der Waals surface area contributed by atoms with Gasteiger partial charge in [0.2, 0.25) is 5.91 Å². The summed E-state index contributed by atoms with van der Waals surface area (Å²) in [5.41, 5.74) is 2.96. The lowest BCUT2D eigenvalue weighted by molar-refractivity contribution is -0.116. The molecule has 0 fully saturated rings. The SMILES string of the molecule is CCCSc1ncc([C@@H]2CC(=O)Nc3c2cnn3Cc2cccnc2)cn1. The topological polar surface area (TPSA) is 85.6 Å². The van der Waals surface area contributed by atoms with E-state index in [1.807, 2.05) is 35.4 Å². The predicted molar refractivity (Wildman–Crippen MR) is 104 cm³/mol. The molecule has 138 valence electrons. The monoisotopic (exact) mass is 380 g/mol. The van der Waals surface area contributed by atoms with Crippen LogP contribution in [-0.4, -0.2) is 36.4 Å². The fraction of sp³-hybridized carbons (Fsp3) is 0.316. The second kappa shape index (κ2) is 7.87. The number of amides is 1. The molecular formula is C19H20N6OS. The highest BCUT2D eigenvalue weighted by molar-refractivity contribution is 7.99. The molecule has 0 saturated heterocycles. The van der Waals surface area contributed by atoms with Crippen LogP contribution in [0.5, 0.6) is 0 Å². The molecule has 0 spiro atoms. The summed E-state index contributed by atoms with van der Waals surface area (Å²) in [6.45, 7) is 2.69. The number of fused-ring (bicyclic) bond motifs is 1. The van der Waals surface area contributed by atoms with Crippen LogP contribution in [-0.2, 0) is 11.3 Å². The van der Waals surface area contributed by atoms with Gasteiger partial charge in [0, 0.05) is 48.4 Å². The second-order valence-electron chi connectivity index (χ2n) is 6.42.